The second kappa shape index (κ2) is 7.25. The van der Waals surface area contributed by atoms with E-state index in [2.05, 4.69) is 9.88 Å². The van der Waals surface area contributed by atoms with Crippen molar-refractivity contribution in [1.29, 1.82) is 0 Å². The molecule has 138 valence electrons. The van der Waals surface area contributed by atoms with E-state index in [0.717, 1.165) is 40.7 Å². The third-order valence-corrected chi connectivity index (χ3v) is 4.80. The molecule has 0 spiro atoms. The molecular weight excluding hydrogens is 331 g/mol. The summed E-state index contributed by atoms with van der Waals surface area (Å²) in [5, 5.41) is 1.12. The number of ether oxygens (including phenoxy) is 1. The van der Waals surface area contributed by atoms with E-state index in [1.54, 1.807) is 7.11 Å². The number of fused-ring (bicyclic) bond motifs is 1. The molecule has 0 radical (unpaired) electrons. The fourth-order valence-corrected chi connectivity index (χ4v) is 3.60. The lowest BCUT2D eigenvalue weighted by Gasteiger charge is -2.23. The number of hydrogen-bond donors (Lipinski definition) is 1. The van der Waals surface area contributed by atoms with Gasteiger partial charge in [-0.1, -0.05) is 0 Å². The van der Waals surface area contributed by atoms with Gasteiger partial charge in [0.1, 0.15) is 5.75 Å². The monoisotopic (exact) mass is 355 g/mol. The van der Waals surface area contributed by atoms with Crippen molar-refractivity contribution in [2.24, 2.45) is 0 Å². The van der Waals surface area contributed by atoms with Crippen molar-refractivity contribution in [2.45, 2.75) is 26.1 Å². The molecule has 3 rings (SSSR count). The minimum atomic E-state index is -4.13. The molecule has 0 aliphatic carbocycles. The lowest BCUT2D eigenvalue weighted by atomic mass is 10.0. The zero-order valence-electron chi connectivity index (χ0n) is 14.6. The summed E-state index contributed by atoms with van der Waals surface area (Å²) >= 11 is 0. The summed E-state index contributed by atoms with van der Waals surface area (Å²) in [6.45, 7) is 4.22. The number of hydrogen-bond acceptors (Lipinski definition) is 3. The molecule has 0 bridgehead atoms. The number of methoxy groups -OCH3 is 1. The zero-order valence-corrected chi connectivity index (χ0v) is 14.6. The highest BCUT2D eigenvalue weighted by atomic mass is 19.4. The van der Waals surface area contributed by atoms with Crippen molar-refractivity contribution >= 4 is 10.9 Å². The molecule has 1 saturated heterocycles. The van der Waals surface area contributed by atoms with Crippen LogP contribution in [0.25, 0.3) is 10.9 Å². The fourth-order valence-electron chi connectivity index (χ4n) is 3.60. The molecule has 7 heteroatoms. The molecule has 1 aliphatic heterocycles. The normalized spacial score (nSPS) is 17.8. The van der Waals surface area contributed by atoms with Crippen molar-refractivity contribution in [2.75, 3.05) is 39.8 Å². The maximum absolute atomic E-state index is 12.6. The van der Waals surface area contributed by atoms with Gasteiger partial charge in [0, 0.05) is 42.3 Å². The Morgan fingerprint density at radius 3 is 2.60 bits per heavy atom. The average molecular weight is 355 g/mol. The minimum Gasteiger partial charge on any atom is -0.496 e. The first kappa shape index (κ1) is 18.1. The van der Waals surface area contributed by atoms with Crippen LogP contribution in [0.5, 0.6) is 5.75 Å². The first-order chi connectivity index (χ1) is 11.9. The van der Waals surface area contributed by atoms with E-state index >= 15 is 0 Å². The highest BCUT2D eigenvalue weighted by Gasteiger charge is 2.31. The first-order valence-corrected chi connectivity index (χ1v) is 8.52. The van der Waals surface area contributed by atoms with Gasteiger partial charge in [-0.15, -0.1) is 0 Å². The number of rotatable bonds is 4. The molecular formula is C18H24F3N3O. The smallest absolute Gasteiger partial charge is 0.401 e. The Hall–Kier alpha value is -1.73. The number of aryl methyl sites for hydroxylation is 1. The molecule has 1 aliphatic rings. The lowest BCUT2D eigenvalue weighted by molar-refractivity contribution is -0.145. The summed E-state index contributed by atoms with van der Waals surface area (Å²) in [5.41, 5.74) is 3.30. The van der Waals surface area contributed by atoms with Gasteiger partial charge in [0.2, 0.25) is 0 Å². The number of benzene rings is 1. The Morgan fingerprint density at radius 1 is 1.16 bits per heavy atom. The first-order valence-electron chi connectivity index (χ1n) is 8.52. The zero-order chi connectivity index (χ0) is 18.0. The largest absolute Gasteiger partial charge is 0.496 e. The number of halogens is 3. The standard InChI is InChI=1S/C18H24F3N3O/c1-13-10-16(25-2)15(14-4-5-22-17(13)14)11-23-6-3-7-24(9-8-23)12-18(19,20)21/h4-5,10,22H,3,6-9,11-12H2,1-2H3. The van der Waals surface area contributed by atoms with Crippen LogP contribution in [0.1, 0.15) is 17.5 Å². The Kier molecular flexibility index (Phi) is 5.24. The Bertz CT molecular complexity index is 726. The summed E-state index contributed by atoms with van der Waals surface area (Å²) in [5.74, 6) is 0.834. The predicted octanol–water partition coefficient (Wildman–Crippen LogP) is 3.55. The molecule has 2 heterocycles. The second-order valence-corrected chi connectivity index (χ2v) is 6.66. The molecule has 2 aromatic rings. The number of aromatic amines is 1. The van der Waals surface area contributed by atoms with Crippen LogP contribution < -0.4 is 4.74 Å². The molecule has 1 aromatic heterocycles. The minimum absolute atomic E-state index is 0.434. The van der Waals surface area contributed by atoms with Crippen molar-refractivity contribution in [1.82, 2.24) is 14.8 Å². The van der Waals surface area contributed by atoms with Crippen LogP contribution in [0.2, 0.25) is 0 Å². The van der Waals surface area contributed by atoms with Crippen molar-refractivity contribution < 1.29 is 17.9 Å². The van der Waals surface area contributed by atoms with Crippen molar-refractivity contribution in [3.8, 4) is 5.75 Å². The Morgan fingerprint density at radius 2 is 1.88 bits per heavy atom. The number of nitrogens with one attached hydrogen (secondary N) is 1. The van der Waals surface area contributed by atoms with Gasteiger partial charge in [0.25, 0.3) is 0 Å². The highest BCUT2D eigenvalue weighted by Crippen LogP contribution is 2.31. The number of aromatic nitrogens is 1. The van der Waals surface area contributed by atoms with Gasteiger partial charge in [0.05, 0.1) is 13.7 Å². The molecule has 0 amide bonds. The summed E-state index contributed by atoms with van der Waals surface area (Å²) < 4.78 is 43.4. The second-order valence-electron chi connectivity index (χ2n) is 6.66. The van der Waals surface area contributed by atoms with Crippen LogP contribution in [0.15, 0.2) is 18.3 Å². The van der Waals surface area contributed by atoms with E-state index in [9.17, 15) is 13.2 Å². The number of alkyl halides is 3. The van der Waals surface area contributed by atoms with E-state index in [-0.39, 0.29) is 0 Å². The Balaban J connectivity index is 1.76. The number of nitrogens with zero attached hydrogens (tertiary/aromatic N) is 2. The van der Waals surface area contributed by atoms with Crippen molar-refractivity contribution in [3.05, 3.63) is 29.5 Å². The van der Waals surface area contributed by atoms with Gasteiger partial charge in [-0.2, -0.15) is 13.2 Å². The molecule has 4 nitrogen and oxygen atoms in total. The van der Waals surface area contributed by atoms with Crippen LogP contribution in [-0.2, 0) is 6.54 Å². The Labute approximate surface area is 145 Å². The van der Waals surface area contributed by atoms with Gasteiger partial charge >= 0.3 is 6.18 Å². The SMILES string of the molecule is COc1cc(C)c2[nH]ccc2c1CN1CCCN(CC(F)(F)F)CC1. The van der Waals surface area contributed by atoms with Crippen LogP contribution in [-0.4, -0.2) is 60.8 Å². The van der Waals surface area contributed by atoms with E-state index in [0.29, 0.717) is 26.2 Å². The molecule has 1 N–H and O–H groups in total. The summed E-state index contributed by atoms with van der Waals surface area (Å²) in [4.78, 5) is 6.97. The predicted molar refractivity (Wildman–Crippen MR) is 92.0 cm³/mol. The summed E-state index contributed by atoms with van der Waals surface area (Å²) in [6.07, 6.45) is -1.48. The van der Waals surface area contributed by atoms with E-state index < -0.39 is 12.7 Å². The van der Waals surface area contributed by atoms with E-state index in [4.69, 9.17) is 4.74 Å². The van der Waals surface area contributed by atoms with E-state index in [1.807, 2.05) is 25.3 Å². The van der Waals surface area contributed by atoms with Crippen LogP contribution in [0.3, 0.4) is 0 Å². The van der Waals surface area contributed by atoms with Crippen LogP contribution in [0.4, 0.5) is 13.2 Å². The van der Waals surface area contributed by atoms with E-state index in [1.165, 1.54) is 4.90 Å². The van der Waals surface area contributed by atoms with Gasteiger partial charge in [-0.05, 0) is 44.1 Å². The lowest BCUT2D eigenvalue weighted by Crippen LogP contribution is -2.37. The van der Waals surface area contributed by atoms with Crippen LogP contribution >= 0.6 is 0 Å². The van der Waals surface area contributed by atoms with Gasteiger partial charge < -0.3 is 9.72 Å². The maximum Gasteiger partial charge on any atom is 0.401 e. The molecule has 0 saturated carbocycles. The molecule has 25 heavy (non-hydrogen) atoms. The third-order valence-electron chi connectivity index (χ3n) is 4.80. The van der Waals surface area contributed by atoms with Crippen molar-refractivity contribution in [3.63, 3.8) is 0 Å². The molecule has 1 fully saturated rings. The average Bonchev–Trinajstić information content (AvgIpc) is 2.93. The number of H-pyrrole nitrogens is 1. The molecule has 0 atom stereocenters. The third kappa shape index (κ3) is 4.27. The topological polar surface area (TPSA) is 31.5 Å². The fraction of sp³-hybridized carbons (Fsp3) is 0.556. The quantitative estimate of drug-likeness (QED) is 0.910. The highest BCUT2D eigenvalue weighted by molar-refractivity contribution is 5.88. The maximum atomic E-state index is 12.6. The molecule has 1 aromatic carbocycles. The summed E-state index contributed by atoms with van der Waals surface area (Å²) in [7, 11) is 1.66. The van der Waals surface area contributed by atoms with Gasteiger partial charge in [0.15, 0.2) is 0 Å². The van der Waals surface area contributed by atoms with Gasteiger partial charge in [-0.3, -0.25) is 9.80 Å². The molecule has 0 unspecified atom stereocenters. The summed E-state index contributed by atoms with van der Waals surface area (Å²) in [6, 6.07) is 4.05. The van der Waals surface area contributed by atoms with Gasteiger partial charge in [-0.25, -0.2) is 0 Å². The van der Waals surface area contributed by atoms with Crippen LogP contribution in [0, 0.1) is 6.92 Å².